The highest BCUT2D eigenvalue weighted by Crippen LogP contribution is 2.27. The second kappa shape index (κ2) is 33.5. The number of nitrogens with one attached hydrogen (secondary N) is 5. The number of hydrogen-bond acceptors (Lipinski definition) is 18. The van der Waals surface area contributed by atoms with Crippen LogP contribution in [0.4, 0.5) is 0 Å². The maximum Gasteiger partial charge on any atom is 0.335 e. The number of unbranched alkanes of at least 4 members (excludes halogenated alkanes) is 8. The fourth-order valence-corrected chi connectivity index (χ4v) is 10.7. The zero-order valence-electron chi connectivity index (χ0n) is 47.5. The highest BCUT2D eigenvalue weighted by Gasteiger charge is 2.48. The number of fused-ring (bicyclic) bond motifs is 3. The van der Waals surface area contributed by atoms with Gasteiger partial charge < -0.3 is 93.2 Å². The topological polar surface area (TPSA) is 473 Å². The molecule has 0 bridgehead atoms. The van der Waals surface area contributed by atoms with Gasteiger partial charge in [0.05, 0.1) is 25.2 Å². The van der Waals surface area contributed by atoms with Gasteiger partial charge in [-0.2, -0.15) is 0 Å². The molecule has 0 aliphatic carbocycles. The lowest BCUT2D eigenvalue weighted by molar-refractivity contribution is -0.165. The number of guanidine groups is 1. The monoisotopic (exact) mass is 1180 g/mol. The number of hydrogen-bond donors (Lipinski definition) is 14. The van der Waals surface area contributed by atoms with E-state index in [9.17, 15) is 88.5 Å². The van der Waals surface area contributed by atoms with E-state index in [1.165, 1.54) is 11.8 Å². The van der Waals surface area contributed by atoms with Crippen molar-refractivity contribution in [3.05, 3.63) is 0 Å². The van der Waals surface area contributed by atoms with Gasteiger partial charge in [0.1, 0.15) is 48.4 Å². The van der Waals surface area contributed by atoms with Crippen molar-refractivity contribution in [2.45, 2.75) is 222 Å². The smallest absolute Gasteiger partial charge is 0.335 e. The van der Waals surface area contributed by atoms with Crippen molar-refractivity contribution in [1.29, 1.82) is 0 Å². The zero-order chi connectivity index (χ0) is 61.7. The first-order valence-electron chi connectivity index (χ1n) is 28.8. The molecule has 4 aliphatic rings. The van der Waals surface area contributed by atoms with Crippen LogP contribution in [-0.4, -0.2) is 233 Å². The van der Waals surface area contributed by atoms with Crippen molar-refractivity contribution in [3.8, 4) is 0 Å². The number of cyclic esters (lactones) is 1. The van der Waals surface area contributed by atoms with Crippen LogP contribution in [-0.2, 0) is 57.5 Å². The number of ether oxygens (including phenoxy) is 1. The van der Waals surface area contributed by atoms with Gasteiger partial charge in [-0.25, -0.2) is 14.4 Å². The average Bonchev–Trinajstić information content (AvgIpc) is 4.38. The number of nitrogens with two attached hydrogens (primary N) is 2. The number of nitrogens with zero attached hydrogens (tertiary/aromatic N) is 4. The molecule has 13 atom stereocenters. The molecular formula is C53H87N11O19. The molecule has 0 aromatic rings. The summed E-state index contributed by atoms with van der Waals surface area (Å²) in [6.45, 7) is 3.67. The summed E-state index contributed by atoms with van der Waals surface area (Å²) < 4.78 is 5.68. The Morgan fingerprint density at radius 1 is 0.602 bits per heavy atom. The number of carbonyl (C=O) groups is 11. The molecule has 8 amide bonds. The van der Waals surface area contributed by atoms with Gasteiger partial charge in [0.25, 0.3) is 0 Å². The molecule has 16 N–H and O–H groups in total. The Morgan fingerprint density at radius 3 is 1.73 bits per heavy atom. The number of aliphatic hydroxyl groups excluding tert-OH is 5. The summed E-state index contributed by atoms with van der Waals surface area (Å²) in [6, 6.07) is -14.9. The average molecular weight is 1180 g/mol. The first kappa shape index (κ1) is 68.7. The molecule has 30 nitrogen and oxygen atoms in total. The van der Waals surface area contributed by atoms with E-state index in [1.807, 2.05) is 10.6 Å². The first-order valence-corrected chi connectivity index (χ1v) is 28.8. The van der Waals surface area contributed by atoms with E-state index in [1.54, 1.807) is 0 Å². The number of aliphatic carboxylic acids is 2. The number of rotatable bonds is 22. The number of carboxylic acid groups (broad SMARTS) is 2. The van der Waals surface area contributed by atoms with Crippen LogP contribution >= 0.6 is 0 Å². The van der Waals surface area contributed by atoms with Crippen LogP contribution in [0.15, 0.2) is 4.99 Å². The molecule has 468 valence electrons. The quantitative estimate of drug-likeness (QED) is 0.0212. The van der Waals surface area contributed by atoms with Crippen LogP contribution in [0.5, 0.6) is 0 Å². The summed E-state index contributed by atoms with van der Waals surface area (Å²) in [5.74, 6) is -14.4. The van der Waals surface area contributed by atoms with Gasteiger partial charge in [-0.1, -0.05) is 71.6 Å². The van der Waals surface area contributed by atoms with Crippen molar-refractivity contribution < 1.29 is 93.2 Å². The minimum atomic E-state index is -2.76. The van der Waals surface area contributed by atoms with Crippen LogP contribution in [0.3, 0.4) is 0 Å². The first-order chi connectivity index (χ1) is 39.3. The van der Waals surface area contributed by atoms with Gasteiger partial charge in [0, 0.05) is 26.2 Å². The van der Waals surface area contributed by atoms with Crippen molar-refractivity contribution in [2.75, 3.05) is 32.8 Å². The molecular weight excluding hydrogens is 1090 g/mol. The predicted octanol–water partition coefficient (Wildman–Crippen LogP) is -4.07. The molecule has 4 aliphatic heterocycles. The predicted molar refractivity (Wildman–Crippen MR) is 291 cm³/mol. The molecule has 4 heterocycles. The minimum Gasteiger partial charge on any atom is -0.479 e. The SMILES string of the molecule is CC(C)CCCCCCCCCCCC1CC(=O)N[C@H]([C@H](C)O)C(=O)N2CCC[C@@H]2C(=O)N2CCC[C@H]2C(=O)N[C@@H](CCCN=C(N)N)C(=O)NC(C(O)C(=O)O)C(=O)N[C@@H](CO)C(=O)N2CCC(O)[C@H]2C(=O)N[C@@H](C(O)C(=O)O)C(=O)O1. The van der Waals surface area contributed by atoms with Gasteiger partial charge in [0.2, 0.25) is 47.3 Å². The van der Waals surface area contributed by atoms with E-state index < -0.39 is 164 Å². The number of amides is 8. The molecule has 0 spiro atoms. The van der Waals surface area contributed by atoms with Crippen LogP contribution < -0.4 is 38.1 Å². The Morgan fingerprint density at radius 2 is 1.16 bits per heavy atom. The Hall–Kier alpha value is -6.76. The molecule has 0 saturated carbocycles. The number of carbonyl (C=O) groups excluding carboxylic acids is 9. The van der Waals surface area contributed by atoms with Crippen molar-refractivity contribution in [1.82, 2.24) is 41.3 Å². The molecule has 4 saturated heterocycles. The molecule has 0 aromatic carbocycles. The minimum absolute atomic E-state index is 0.00894. The summed E-state index contributed by atoms with van der Waals surface area (Å²) in [5, 5.41) is 85.0. The summed E-state index contributed by atoms with van der Waals surface area (Å²) in [5.41, 5.74) is 10.9. The third kappa shape index (κ3) is 20.2. The lowest BCUT2D eigenvalue weighted by Crippen LogP contribution is -2.64. The highest BCUT2D eigenvalue weighted by atomic mass is 16.5. The summed E-state index contributed by atoms with van der Waals surface area (Å²) in [6.07, 6.45) is -1.90. The third-order valence-corrected chi connectivity index (χ3v) is 15.3. The maximum absolute atomic E-state index is 14.5. The second-order valence-electron chi connectivity index (χ2n) is 22.2. The van der Waals surface area contributed by atoms with E-state index in [-0.39, 0.29) is 77.0 Å². The number of aliphatic hydroxyl groups is 5. The van der Waals surface area contributed by atoms with Crippen molar-refractivity contribution >= 4 is 71.1 Å². The molecule has 83 heavy (non-hydrogen) atoms. The van der Waals surface area contributed by atoms with Gasteiger partial charge >= 0.3 is 17.9 Å². The standard InChI is InChI=1S/C53H87N11O19/c1-28(2)16-11-9-7-5-4-6-8-10-12-17-30-26-36(68)59-37(29(3)66)49(77)63-24-15-20-34(63)48(76)62-23-14-19-33(62)44(72)57-31(18-13-22-56-53(54)55)43(71)60-38(41(69)50(78)79)45(73)58-32(27-65)47(75)64-25-21-35(67)40(64)46(74)61-39(52(82)83-30)42(70)51(80)81/h28-35,37-42,65-67,69-70H,4-27H2,1-3H3,(H,57,72)(H,58,73)(H,59,68)(H,60,71)(H,61,74)(H,78,79)(H,80,81)(H4,54,55,56)/t29-,30?,31-,32-,33-,34+,35?,37+,38?,39-,40-,41?,42?/m0/s1. The molecule has 4 fully saturated rings. The summed E-state index contributed by atoms with van der Waals surface area (Å²) in [7, 11) is 0. The van der Waals surface area contributed by atoms with Gasteiger partial charge in [0.15, 0.2) is 24.2 Å². The molecule has 0 aromatic heterocycles. The Balaban J connectivity index is 1.75. The normalized spacial score (nSPS) is 27.8. The van der Waals surface area contributed by atoms with Gasteiger partial charge in [-0.3, -0.25) is 43.3 Å². The van der Waals surface area contributed by atoms with Crippen LogP contribution in [0, 0.1) is 5.92 Å². The zero-order valence-corrected chi connectivity index (χ0v) is 47.5. The van der Waals surface area contributed by atoms with Gasteiger partial charge in [-0.05, 0) is 70.6 Å². The summed E-state index contributed by atoms with van der Waals surface area (Å²) in [4.78, 5) is 159. The number of esters is 1. The van der Waals surface area contributed by atoms with Crippen LogP contribution in [0.2, 0.25) is 0 Å². The molecule has 30 heteroatoms. The molecule has 5 unspecified atom stereocenters. The van der Waals surface area contributed by atoms with E-state index in [0.717, 1.165) is 56.3 Å². The molecule has 4 rings (SSSR count). The molecule has 0 radical (unpaired) electrons. The van der Waals surface area contributed by atoms with E-state index >= 15 is 0 Å². The van der Waals surface area contributed by atoms with E-state index in [0.29, 0.717) is 23.7 Å². The lowest BCUT2D eigenvalue weighted by Gasteiger charge is -2.34. The Bertz CT molecular complexity index is 2300. The van der Waals surface area contributed by atoms with E-state index in [2.05, 4.69) is 34.8 Å². The number of carboxylic acids is 2. The third-order valence-electron chi connectivity index (χ3n) is 15.3. The Labute approximate surface area is 481 Å². The van der Waals surface area contributed by atoms with E-state index in [4.69, 9.17) is 16.2 Å². The lowest BCUT2D eigenvalue weighted by atomic mass is 10.0. The van der Waals surface area contributed by atoms with Crippen molar-refractivity contribution in [2.24, 2.45) is 22.4 Å². The van der Waals surface area contributed by atoms with Gasteiger partial charge in [-0.15, -0.1) is 0 Å². The largest absolute Gasteiger partial charge is 0.479 e. The highest BCUT2D eigenvalue weighted by molar-refractivity contribution is 6.00. The van der Waals surface area contributed by atoms with Crippen LogP contribution in [0.25, 0.3) is 0 Å². The fourth-order valence-electron chi connectivity index (χ4n) is 10.7. The summed E-state index contributed by atoms with van der Waals surface area (Å²) >= 11 is 0. The fraction of sp³-hybridized carbons (Fsp3) is 0.774. The Kier molecular flexibility index (Phi) is 27.8. The van der Waals surface area contributed by atoms with Crippen molar-refractivity contribution in [3.63, 3.8) is 0 Å². The van der Waals surface area contributed by atoms with Crippen LogP contribution in [0.1, 0.15) is 143 Å². The number of aliphatic imine (C=N–C) groups is 1. The maximum atomic E-state index is 14.5. The second-order valence-corrected chi connectivity index (χ2v) is 22.2.